The van der Waals surface area contributed by atoms with Crippen molar-refractivity contribution >= 4 is 0 Å². The minimum Gasteiger partial charge on any atom is -0.302 e. The molecule has 1 spiro atoms. The predicted octanol–water partition coefficient (Wildman–Crippen LogP) is 17.1. The topological polar surface area (TPSA) is 3.24 Å². The van der Waals surface area contributed by atoms with Crippen LogP contribution in [-0.2, 0) is 24.8 Å². The summed E-state index contributed by atoms with van der Waals surface area (Å²) in [4.78, 5) is 2.36. The third-order valence-electron chi connectivity index (χ3n) is 10.1. The van der Waals surface area contributed by atoms with E-state index >= 15 is 0 Å². The molecule has 0 heterocycles. The zero-order valence-corrected chi connectivity index (χ0v) is 37.6. The molecule has 3 aliphatic carbocycles. The third kappa shape index (κ3) is 10.7. The molecule has 0 saturated carbocycles. The summed E-state index contributed by atoms with van der Waals surface area (Å²) in [5.41, 5.74) is 18.5. The Balaban J connectivity index is 0.000000898. The molecule has 1 heteroatoms. The molecule has 0 saturated heterocycles. The molecule has 0 aromatic heterocycles. The summed E-state index contributed by atoms with van der Waals surface area (Å²) >= 11 is 0. The molecular weight excluding hydrogens is 699 g/mol. The van der Waals surface area contributed by atoms with Crippen molar-refractivity contribution in [3.63, 3.8) is 0 Å². The van der Waals surface area contributed by atoms with E-state index in [-0.39, 0.29) is 20.3 Å². The van der Waals surface area contributed by atoms with E-state index in [9.17, 15) is 0 Å². The van der Waals surface area contributed by atoms with Crippen LogP contribution in [0.2, 0.25) is 0 Å². The standard InChI is InChI=1S/C26H18.C17H19N.6C2H6.2CH4/c1-5-13-22-18(9-1)17-19-10-2-6-14-23(19)26(22)24-15-7-3-11-20(24)21-12-4-8-16-25(21)26;1-3-18(2)12-15-9-6-8-14-11-13-7-4-5-10-16(13)17(14)15;6*1-2;;/h1-16H,17H2;4-10H,3,11-12H2,1-2H3;6*1-2H3;2*1H4. The van der Waals surface area contributed by atoms with Gasteiger partial charge in [-0.3, -0.25) is 0 Å². The lowest BCUT2D eigenvalue weighted by atomic mass is 9.61. The molecular formula is C57H81N. The van der Waals surface area contributed by atoms with Gasteiger partial charge in [-0.05, 0) is 98.8 Å². The first-order chi connectivity index (χ1) is 27.7. The van der Waals surface area contributed by atoms with E-state index in [1.54, 1.807) is 0 Å². The summed E-state index contributed by atoms with van der Waals surface area (Å²) in [6.07, 6.45) is 2.10. The minimum atomic E-state index is -0.196. The molecule has 1 nitrogen and oxygen atoms in total. The predicted molar refractivity (Wildman–Crippen MR) is 265 cm³/mol. The summed E-state index contributed by atoms with van der Waals surface area (Å²) in [6, 6.07) is 51.5. The average molecular weight is 780 g/mol. The Kier molecular flexibility index (Phi) is 25.6. The highest BCUT2D eigenvalue weighted by molar-refractivity contribution is 5.87. The number of hydrogen-bond acceptors (Lipinski definition) is 1. The fourth-order valence-corrected chi connectivity index (χ4v) is 8.05. The van der Waals surface area contributed by atoms with Gasteiger partial charge >= 0.3 is 0 Å². The molecule has 0 aliphatic heterocycles. The molecule has 0 N–H and O–H groups in total. The molecule has 0 fully saturated rings. The number of rotatable bonds is 3. The van der Waals surface area contributed by atoms with Crippen molar-refractivity contribution in [2.75, 3.05) is 13.6 Å². The molecule has 0 radical (unpaired) electrons. The van der Waals surface area contributed by atoms with Crippen LogP contribution in [0.25, 0.3) is 22.3 Å². The zero-order valence-electron chi connectivity index (χ0n) is 37.6. The maximum atomic E-state index is 2.36. The molecule has 0 unspecified atom stereocenters. The fourth-order valence-electron chi connectivity index (χ4n) is 8.05. The van der Waals surface area contributed by atoms with Gasteiger partial charge in [0.15, 0.2) is 0 Å². The second kappa shape index (κ2) is 27.8. The second-order valence-corrected chi connectivity index (χ2v) is 12.4. The average Bonchev–Trinajstić information content (AvgIpc) is 3.83. The first kappa shape index (κ1) is 53.3. The second-order valence-electron chi connectivity index (χ2n) is 12.4. The van der Waals surface area contributed by atoms with Crippen LogP contribution in [0.1, 0.15) is 155 Å². The maximum absolute atomic E-state index is 2.36. The van der Waals surface area contributed by atoms with Crippen LogP contribution < -0.4 is 0 Å². The van der Waals surface area contributed by atoms with Gasteiger partial charge in [0.1, 0.15) is 0 Å². The van der Waals surface area contributed by atoms with E-state index in [1.165, 1.54) is 72.3 Å². The Bertz CT molecular complexity index is 1920. The quantitative estimate of drug-likeness (QED) is 0.173. The lowest BCUT2D eigenvalue weighted by molar-refractivity contribution is 0.346. The van der Waals surface area contributed by atoms with Crippen LogP contribution in [0, 0.1) is 0 Å². The van der Waals surface area contributed by atoms with Crippen molar-refractivity contribution < 1.29 is 0 Å². The third-order valence-corrected chi connectivity index (χ3v) is 10.1. The van der Waals surface area contributed by atoms with Gasteiger partial charge in [0.25, 0.3) is 0 Å². The Morgan fingerprint density at radius 1 is 0.397 bits per heavy atom. The van der Waals surface area contributed by atoms with Crippen molar-refractivity contribution in [3.05, 3.63) is 190 Å². The largest absolute Gasteiger partial charge is 0.302 e. The zero-order chi connectivity index (χ0) is 41.7. The molecule has 0 bridgehead atoms. The van der Waals surface area contributed by atoms with Gasteiger partial charge in [-0.1, -0.05) is 244 Å². The van der Waals surface area contributed by atoms with E-state index in [0.29, 0.717) is 0 Å². The fraction of sp³-hybridized carbons (Fsp3) is 0.368. The highest BCUT2D eigenvalue weighted by Crippen LogP contribution is 2.59. The van der Waals surface area contributed by atoms with Crippen LogP contribution in [0.15, 0.2) is 140 Å². The monoisotopic (exact) mass is 780 g/mol. The SMILES string of the molecule is C.C.CC.CC.CC.CC.CC.CC.CCN(C)Cc1cccc2c1-c1ccccc1C2.c1ccc2c(c1)Cc1ccccc1C21c2ccccc2-c2ccccc21. The van der Waals surface area contributed by atoms with Gasteiger partial charge in [-0.15, -0.1) is 0 Å². The summed E-state index contributed by atoms with van der Waals surface area (Å²) in [5, 5.41) is 0. The van der Waals surface area contributed by atoms with Crippen molar-refractivity contribution in [2.24, 2.45) is 0 Å². The number of hydrogen-bond donors (Lipinski definition) is 0. The lowest BCUT2D eigenvalue weighted by Gasteiger charge is -2.40. The van der Waals surface area contributed by atoms with Crippen molar-refractivity contribution in [2.45, 2.75) is 130 Å². The van der Waals surface area contributed by atoms with Gasteiger partial charge in [-0.25, -0.2) is 0 Å². The van der Waals surface area contributed by atoms with Crippen LogP contribution >= 0.6 is 0 Å². The number of nitrogens with zero attached hydrogens (tertiary/aromatic N) is 1. The van der Waals surface area contributed by atoms with Gasteiger partial charge < -0.3 is 4.90 Å². The summed E-state index contributed by atoms with van der Waals surface area (Å²) in [6.45, 7) is 28.3. The van der Waals surface area contributed by atoms with E-state index in [1.807, 2.05) is 83.1 Å². The molecule has 3 aliphatic rings. The molecule has 9 rings (SSSR count). The maximum Gasteiger partial charge on any atom is 0.0719 e. The van der Waals surface area contributed by atoms with Gasteiger partial charge in [-0.2, -0.15) is 0 Å². The van der Waals surface area contributed by atoms with Crippen LogP contribution in [0.3, 0.4) is 0 Å². The van der Waals surface area contributed by atoms with E-state index in [4.69, 9.17) is 0 Å². The molecule has 6 aromatic rings. The summed E-state index contributed by atoms with van der Waals surface area (Å²) in [7, 11) is 2.18. The van der Waals surface area contributed by atoms with Crippen molar-refractivity contribution in [3.8, 4) is 22.3 Å². The van der Waals surface area contributed by atoms with Crippen LogP contribution in [0.5, 0.6) is 0 Å². The first-order valence-corrected chi connectivity index (χ1v) is 21.9. The highest BCUT2D eigenvalue weighted by atomic mass is 15.1. The van der Waals surface area contributed by atoms with Gasteiger partial charge in [0.2, 0.25) is 0 Å². The Morgan fingerprint density at radius 3 is 1.19 bits per heavy atom. The molecule has 0 atom stereocenters. The smallest absolute Gasteiger partial charge is 0.0719 e. The molecule has 58 heavy (non-hydrogen) atoms. The van der Waals surface area contributed by atoms with Crippen LogP contribution in [0.4, 0.5) is 0 Å². The van der Waals surface area contributed by atoms with Gasteiger partial charge in [0, 0.05) is 6.54 Å². The Labute approximate surface area is 358 Å². The Morgan fingerprint density at radius 2 is 0.741 bits per heavy atom. The molecule has 6 aromatic carbocycles. The van der Waals surface area contributed by atoms with Crippen molar-refractivity contribution in [1.29, 1.82) is 0 Å². The molecule has 314 valence electrons. The van der Waals surface area contributed by atoms with Gasteiger partial charge in [0.05, 0.1) is 5.41 Å². The minimum absolute atomic E-state index is 0. The number of fused-ring (bicyclic) bond motifs is 12. The summed E-state index contributed by atoms with van der Waals surface area (Å²) < 4.78 is 0. The van der Waals surface area contributed by atoms with E-state index in [0.717, 1.165) is 25.9 Å². The lowest BCUT2D eigenvalue weighted by Crippen LogP contribution is -2.34. The van der Waals surface area contributed by atoms with Crippen molar-refractivity contribution in [1.82, 2.24) is 4.90 Å². The highest BCUT2D eigenvalue weighted by Gasteiger charge is 2.49. The van der Waals surface area contributed by atoms with Crippen LogP contribution in [-0.4, -0.2) is 18.5 Å². The first-order valence-electron chi connectivity index (χ1n) is 21.9. The molecule has 0 amide bonds. The number of benzene rings is 6. The normalized spacial score (nSPS) is 11.3. The van der Waals surface area contributed by atoms with E-state index in [2.05, 4.69) is 158 Å². The Hall–Kier alpha value is -4.72. The summed E-state index contributed by atoms with van der Waals surface area (Å²) in [5.74, 6) is 0. The van der Waals surface area contributed by atoms with E-state index < -0.39 is 0 Å².